The van der Waals surface area contributed by atoms with E-state index in [4.69, 9.17) is 5.84 Å². The van der Waals surface area contributed by atoms with Gasteiger partial charge in [0.25, 0.3) is 0 Å². The van der Waals surface area contributed by atoms with Crippen molar-refractivity contribution < 1.29 is 0 Å². The van der Waals surface area contributed by atoms with E-state index in [2.05, 4.69) is 32.4 Å². The zero-order valence-electron chi connectivity index (χ0n) is 8.63. The van der Waals surface area contributed by atoms with E-state index in [1.54, 1.807) is 0 Å². The van der Waals surface area contributed by atoms with Gasteiger partial charge in [0.2, 0.25) is 0 Å². The second kappa shape index (κ2) is 3.79. The third-order valence-corrected chi connectivity index (χ3v) is 3.36. The molecule has 0 fully saturated rings. The number of nitrogens with one attached hydrogen (secondary N) is 1. The van der Waals surface area contributed by atoms with Gasteiger partial charge in [0.1, 0.15) is 5.82 Å². The van der Waals surface area contributed by atoms with Crippen LogP contribution in [0.1, 0.15) is 11.1 Å². The summed E-state index contributed by atoms with van der Waals surface area (Å²) < 4.78 is 1.06. The zero-order chi connectivity index (χ0) is 11.0. The minimum atomic E-state index is 0.726. The van der Waals surface area contributed by atoms with Gasteiger partial charge >= 0.3 is 0 Å². The Hall–Kier alpha value is -1.13. The van der Waals surface area contributed by atoms with Crippen LogP contribution in [-0.2, 0) is 0 Å². The summed E-state index contributed by atoms with van der Waals surface area (Å²) in [6.45, 7) is 4.02. The normalized spacial score (nSPS) is 10.7. The molecule has 3 N–H and O–H groups in total. The van der Waals surface area contributed by atoms with Gasteiger partial charge in [0.05, 0.1) is 5.52 Å². The van der Waals surface area contributed by atoms with Crippen LogP contribution >= 0.6 is 15.9 Å². The first-order valence-corrected chi connectivity index (χ1v) is 5.46. The highest BCUT2D eigenvalue weighted by Gasteiger charge is 2.06. The molecule has 78 valence electrons. The number of aryl methyl sites for hydroxylation is 2. The lowest BCUT2D eigenvalue weighted by Crippen LogP contribution is -2.10. The molecule has 0 atom stereocenters. The molecule has 0 saturated carbocycles. The van der Waals surface area contributed by atoms with E-state index in [0.717, 1.165) is 32.3 Å². The van der Waals surface area contributed by atoms with E-state index in [9.17, 15) is 0 Å². The number of nitrogens with zero attached hydrogens (tertiary/aromatic N) is 1. The average molecular weight is 266 g/mol. The maximum atomic E-state index is 5.41. The fraction of sp³-hybridized carbons (Fsp3) is 0.182. The number of fused-ring (bicyclic) bond motifs is 1. The molecule has 0 amide bonds. The molecule has 0 aliphatic carbocycles. The molecule has 0 aliphatic heterocycles. The number of rotatable bonds is 1. The Kier molecular flexibility index (Phi) is 2.63. The lowest BCUT2D eigenvalue weighted by Gasteiger charge is -2.08. The van der Waals surface area contributed by atoms with Gasteiger partial charge in [-0.15, -0.1) is 0 Å². The van der Waals surface area contributed by atoms with Crippen LogP contribution in [-0.4, -0.2) is 4.98 Å². The third-order valence-electron chi connectivity index (χ3n) is 2.50. The molecule has 3 nitrogen and oxygen atoms in total. The summed E-state index contributed by atoms with van der Waals surface area (Å²) >= 11 is 3.49. The number of pyridine rings is 1. The number of benzene rings is 1. The highest BCUT2D eigenvalue weighted by molar-refractivity contribution is 9.10. The summed E-state index contributed by atoms with van der Waals surface area (Å²) in [6, 6.07) is 6.16. The van der Waals surface area contributed by atoms with Crippen LogP contribution in [0.25, 0.3) is 10.9 Å². The minimum Gasteiger partial charge on any atom is -0.308 e. The first-order valence-electron chi connectivity index (χ1n) is 4.66. The highest BCUT2D eigenvalue weighted by atomic mass is 79.9. The molecule has 2 aromatic rings. The van der Waals surface area contributed by atoms with E-state index in [1.165, 1.54) is 0 Å². The SMILES string of the molecule is Cc1cc2ccc(Br)c(C)c2nc1NN. The van der Waals surface area contributed by atoms with Crippen LogP contribution in [0.3, 0.4) is 0 Å². The van der Waals surface area contributed by atoms with Crippen molar-refractivity contribution in [3.05, 3.63) is 33.8 Å². The lowest BCUT2D eigenvalue weighted by molar-refractivity contribution is 1.22. The Morgan fingerprint density at radius 2 is 2.07 bits per heavy atom. The third kappa shape index (κ3) is 1.70. The molecule has 1 heterocycles. The molecule has 0 radical (unpaired) electrons. The number of hydrogen-bond donors (Lipinski definition) is 2. The topological polar surface area (TPSA) is 50.9 Å². The summed E-state index contributed by atoms with van der Waals surface area (Å²) in [6.07, 6.45) is 0. The Bertz CT molecular complexity index is 523. The van der Waals surface area contributed by atoms with Crippen molar-refractivity contribution in [1.82, 2.24) is 4.98 Å². The van der Waals surface area contributed by atoms with Crippen molar-refractivity contribution in [2.75, 3.05) is 5.43 Å². The van der Waals surface area contributed by atoms with Crippen LogP contribution in [0, 0.1) is 13.8 Å². The average Bonchev–Trinajstić information content (AvgIpc) is 2.23. The first-order chi connectivity index (χ1) is 7.13. The maximum absolute atomic E-state index is 5.41. The number of aromatic nitrogens is 1. The van der Waals surface area contributed by atoms with E-state index in [1.807, 2.05) is 26.0 Å². The predicted molar refractivity (Wildman–Crippen MR) is 66.7 cm³/mol. The Balaban J connectivity index is 2.82. The van der Waals surface area contributed by atoms with E-state index in [0.29, 0.717) is 0 Å². The number of nitrogens with two attached hydrogens (primary N) is 1. The number of hydrogen-bond acceptors (Lipinski definition) is 3. The maximum Gasteiger partial charge on any atom is 0.143 e. The standard InChI is InChI=1S/C11H12BrN3/c1-6-5-8-3-4-9(12)7(2)10(8)14-11(6)15-13/h3-5H,13H2,1-2H3,(H,14,15). The van der Waals surface area contributed by atoms with Crippen molar-refractivity contribution >= 4 is 32.7 Å². The molecule has 0 saturated heterocycles. The van der Waals surface area contributed by atoms with Gasteiger partial charge in [0.15, 0.2) is 0 Å². The second-order valence-electron chi connectivity index (χ2n) is 3.54. The van der Waals surface area contributed by atoms with Crippen molar-refractivity contribution in [3.8, 4) is 0 Å². The van der Waals surface area contributed by atoms with E-state index in [-0.39, 0.29) is 0 Å². The first kappa shape index (κ1) is 10.4. The van der Waals surface area contributed by atoms with Gasteiger partial charge in [0, 0.05) is 9.86 Å². The van der Waals surface area contributed by atoms with Gasteiger partial charge in [-0.05, 0) is 37.1 Å². The summed E-state index contributed by atoms with van der Waals surface area (Å²) in [4.78, 5) is 4.49. The number of anilines is 1. The van der Waals surface area contributed by atoms with E-state index < -0.39 is 0 Å². The van der Waals surface area contributed by atoms with Gasteiger partial charge in [-0.25, -0.2) is 10.8 Å². The van der Waals surface area contributed by atoms with Crippen molar-refractivity contribution in [2.45, 2.75) is 13.8 Å². The summed E-state index contributed by atoms with van der Waals surface area (Å²) in [7, 11) is 0. The van der Waals surface area contributed by atoms with Gasteiger partial charge in [-0.1, -0.05) is 22.0 Å². The number of nitrogen functional groups attached to an aromatic ring is 1. The van der Waals surface area contributed by atoms with Crippen molar-refractivity contribution in [2.24, 2.45) is 5.84 Å². The van der Waals surface area contributed by atoms with Gasteiger partial charge in [-0.2, -0.15) is 0 Å². The second-order valence-corrected chi connectivity index (χ2v) is 4.40. The molecule has 15 heavy (non-hydrogen) atoms. The van der Waals surface area contributed by atoms with E-state index >= 15 is 0 Å². The molecular weight excluding hydrogens is 254 g/mol. The lowest BCUT2D eigenvalue weighted by atomic mass is 10.1. The molecule has 0 bridgehead atoms. The van der Waals surface area contributed by atoms with Crippen LogP contribution in [0.5, 0.6) is 0 Å². The Labute approximate surface area is 96.8 Å². The molecule has 0 spiro atoms. The monoisotopic (exact) mass is 265 g/mol. The van der Waals surface area contributed by atoms with Crippen LogP contribution in [0.4, 0.5) is 5.82 Å². The fourth-order valence-corrected chi connectivity index (χ4v) is 1.93. The molecular formula is C11H12BrN3. The molecule has 0 unspecified atom stereocenters. The molecule has 1 aromatic carbocycles. The van der Waals surface area contributed by atoms with Crippen LogP contribution < -0.4 is 11.3 Å². The van der Waals surface area contributed by atoms with Crippen molar-refractivity contribution in [1.29, 1.82) is 0 Å². The quantitative estimate of drug-likeness (QED) is 0.616. The number of hydrazine groups is 1. The Morgan fingerprint density at radius 1 is 1.33 bits per heavy atom. The highest BCUT2D eigenvalue weighted by Crippen LogP contribution is 2.26. The Morgan fingerprint density at radius 3 is 2.73 bits per heavy atom. The minimum absolute atomic E-state index is 0.726. The molecule has 4 heteroatoms. The fourth-order valence-electron chi connectivity index (χ4n) is 1.61. The largest absolute Gasteiger partial charge is 0.308 e. The number of halogens is 1. The van der Waals surface area contributed by atoms with Gasteiger partial charge in [-0.3, -0.25) is 0 Å². The summed E-state index contributed by atoms with van der Waals surface area (Å²) in [5.41, 5.74) is 5.76. The summed E-state index contributed by atoms with van der Waals surface area (Å²) in [5.74, 6) is 6.13. The predicted octanol–water partition coefficient (Wildman–Crippen LogP) is 2.90. The molecule has 0 aliphatic rings. The van der Waals surface area contributed by atoms with Crippen LogP contribution in [0.15, 0.2) is 22.7 Å². The zero-order valence-corrected chi connectivity index (χ0v) is 10.2. The van der Waals surface area contributed by atoms with Crippen LogP contribution in [0.2, 0.25) is 0 Å². The van der Waals surface area contributed by atoms with Gasteiger partial charge < -0.3 is 5.43 Å². The smallest absolute Gasteiger partial charge is 0.143 e. The molecule has 2 rings (SSSR count). The molecule has 1 aromatic heterocycles. The van der Waals surface area contributed by atoms with Crippen molar-refractivity contribution in [3.63, 3.8) is 0 Å². The summed E-state index contributed by atoms with van der Waals surface area (Å²) in [5, 5.41) is 1.13.